The van der Waals surface area contributed by atoms with Crippen LogP contribution in [-0.4, -0.2) is 30.3 Å². The minimum absolute atomic E-state index is 0.196. The van der Waals surface area contributed by atoms with Crippen molar-refractivity contribution in [2.75, 3.05) is 16.8 Å². The number of nitrogens with one attached hydrogen (secondary N) is 1. The fraction of sp³-hybridized carbons (Fsp3) is 0.273. The van der Waals surface area contributed by atoms with Gasteiger partial charge in [0.1, 0.15) is 0 Å². The molecular weight excluding hydrogens is 372 g/mol. The second-order valence-corrected chi connectivity index (χ2v) is 7.13. The van der Waals surface area contributed by atoms with Crippen molar-refractivity contribution in [3.63, 3.8) is 0 Å². The van der Waals surface area contributed by atoms with Crippen LogP contribution in [0.3, 0.4) is 0 Å². The lowest BCUT2D eigenvalue weighted by Crippen LogP contribution is -2.28. The number of carbonyl (C=O) groups is 4. The van der Waals surface area contributed by atoms with Crippen LogP contribution in [0, 0.1) is 0 Å². The van der Waals surface area contributed by atoms with Gasteiger partial charge >= 0.3 is 5.97 Å². The number of imide groups is 1. The number of hydrogen-bond acceptors (Lipinski definition) is 5. The van der Waals surface area contributed by atoms with E-state index < -0.39 is 18.5 Å². The van der Waals surface area contributed by atoms with Crippen LogP contribution in [0.5, 0.6) is 0 Å². The molecule has 3 amide bonds. The van der Waals surface area contributed by atoms with Crippen molar-refractivity contribution < 1.29 is 23.9 Å². The number of fused-ring (bicyclic) bond motifs is 1. The van der Waals surface area contributed by atoms with Gasteiger partial charge < -0.3 is 10.1 Å². The van der Waals surface area contributed by atoms with Crippen molar-refractivity contribution in [3.05, 3.63) is 59.2 Å². The number of amides is 3. The van der Waals surface area contributed by atoms with Crippen LogP contribution in [0.25, 0.3) is 0 Å². The van der Waals surface area contributed by atoms with E-state index in [0.717, 1.165) is 24.2 Å². The Balaban J connectivity index is 1.31. The van der Waals surface area contributed by atoms with Gasteiger partial charge in [0.25, 0.3) is 5.91 Å². The molecule has 0 radical (unpaired) electrons. The summed E-state index contributed by atoms with van der Waals surface area (Å²) in [5.74, 6) is -1.58. The molecule has 0 aromatic heterocycles. The Kier molecular flexibility index (Phi) is 5.12. The summed E-state index contributed by atoms with van der Waals surface area (Å²) in [6, 6.07) is 11.8. The SMILES string of the molecule is O=C(COC(=O)c1ccc(N2C(=O)CCC2=O)cc1)Nc1ccc2c(c1)CCC2. The molecule has 29 heavy (non-hydrogen) atoms. The molecule has 2 aromatic rings. The van der Waals surface area contributed by atoms with Crippen LogP contribution >= 0.6 is 0 Å². The molecule has 1 fully saturated rings. The van der Waals surface area contributed by atoms with Gasteiger partial charge in [0.15, 0.2) is 6.61 Å². The van der Waals surface area contributed by atoms with Crippen molar-refractivity contribution in [3.8, 4) is 0 Å². The Morgan fingerprint density at radius 2 is 1.59 bits per heavy atom. The highest BCUT2D eigenvalue weighted by Gasteiger charge is 2.30. The number of aryl methyl sites for hydroxylation is 2. The second kappa shape index (κ2) is 7.87. The lowest BCUT2D eigenvalue weighted by Gasteiger charge is -2.14. The zero-order valence-corrected chi connectivity index (χ0v) is 15.8. The minimum atomic E-state index is -0.653. The average Bonchev–Trinajstić information content (AvgIpc) is 3.32. The first-order chi connectivity index (χ1) is 14.0. The first-order valence-electron chi connectivity index (χ1n) is 9.56. The standard InChI is InChI=1S/C22H20N2O5/c25-19(23-17-7-4-14-2-1-3-16(14)12-17)13-29-22(28)15-5-8-18(9-6-15)24-20(26)10-11-21(24)27/h4-9,12H,1-3,10-11,13H2,(H,23,25). The van der Waals surface area contributed by atoms with Gasteiger partial charge in [-0.25, -0.2) is 4.79 Å². The molecule has 0 saturated carbocycles. The summed E-state index contributed by atoms with van der Waals surface area (Å²) in [5, 5.41) is 2.74. The maximum absolute atomic E-state index is 12.2. The van der Waals surface area contributed by atoms with Crippen LogP contribution in [-0.2, 0) is 32.0 Å². The van der Waals surface area contributed by atoms with Crippen molar-refractivity contribution >= 4 is 35.1 Å². The van der Waals surface area contributed by atoms with Gasteiger partial charge in [-0.2, -0.15) is 0 Å². The van der Waals surface area contributed by atoms with Gasteiger partial charge in [-0.3, -0.25) is 19.3 Å². The van der Waals surface area contributed by atoms with Gasteiger partial charge in [-0.05, 0) is 66.8 Å². The van der Waals surface area contributed by atoms with Crippen LogP contribution in [0.15, 0.2) is 42.5 Å². The molecular formula is C22H20N2O5. The van der Waals surface area contributed by atoms with Crippen LogP contribution < -0.4 is 10.2 Å². The zero-order valence-electron chi connectivity index (χ0n) is 15.8. The largest absolute Gasteiger partial charge is 0.452 e. The molecule has 4 rings (SSSR count). The Hall–Kier alpha value is -3.48. The number of ether oxygens (including phenoxy) is 1. The summed E-state index contributed by atoms with van der Waals surface area (Å²) in [6.45, 7) is -0.402. The molecule has 0 unspecified atom stereocenters. The van der Waals surface area contributed by atoms with E-state index in [1.165, 1.54) is 35.4 Å². The van der Waals surface area contributed by atoms with Crippen molar-refractivity contribution in [2.45, 2.75) is 32.1 Å². The molecule has 7 heteroatoms. The molecule has 2 aliphatic rings. The second-order valence-electron chi connectivity index (χ2n) is 7.13. The lowest BCUT2D eigenvalue weighted by molar-refractivity contribution is -0.121. The Morgan fingerprint density at radius 1 is 0.897 bits per heavy atom. The predicted molar refractivity (Wildman–Crippen MR) is 106 cm³/mol. The Bertz CT molecular complexity index is 981. The number of benzene rings is 2. The van der Waals surface area contributed by atoms with Crippen molar-refractivity contribution in [1.29, 1.82) is 0 Å². The number of hydrogen-bond donors (Lipinski definition) is 1. The van der Waals surface area contributed by atoms with E-state index in [4.69, 9.17) is 4.74 Å². The van der Waals surface area contributed by atoms with Crippen LogP contribution in [0.2, 0.25) is 0 Å². The summed E-state index contributed by atoms with van der Waals surface area (Å²) in [5.41, 5.74) is 3.91. The Morgan fingerprint density at radius 3 is 2.31 bits per heavy atom. The monoisotopic (exact) mass is 392 g/mol. The summed E-state index contributed by atoms with van der Waals surface area (Å²) >= 11 is 0. The number of esters is 1. The van der Waals surface area contributed by atoms with Gasteiger partial charge in [-0.15, -0.1) is 0 Å². The minimum Gasteiger partial charge on any atom is -0.452 e. The summed E-state index contributed by atoms with van der Waals surface area (Å²) in [7, 11) is 0. The van der Waals surface area contributed by atoms with E-state index in [0.29, 0.717) is 11.4 Å². The maximum atomic E-state index is 12.2. The van der Waals surface area contributed by atoms with Crippen molar-refractivity contribution in [2.24, 2.45) is 0 Å². The molecule has 1 aliphatic heterocycles. The summed E-state index contributed by atoms with van der Waals surface area (Å²) < 4.78 is 5.06. The maximum Gasteiger partial charge on any atom is 0.338 e. The highest BCUT2D eigenvalue weighted by molar-refractivity contribution is 6.19. The normalized spacial score (nSPS) is 15.4. The van der Waals surface area contributed by atoms with E-state index >= 15 is 0 Å². The molecule has 1 aliphatic carbocycles. The van der Waals surface area contributed by atoms with Gasteiger partial charge in [-0.1, -0.05) is 6.07 Å². The smallest absolute Gasteiger partial charge is 0.338 e. The van der Waals surface area contributed by atoms with E-state index in [1.54, 1.807) is 0 Å². The zero-order chi connectivity index (χ0) is 20.4. The molecule has 0 spiro atoms. The molecule has 2 aromatic carbocycles. The van der Waals surface area contributed by atoms with Crippen LogP contribution in [0.4, 0.5) is 11.4 Å². The lowest BCUT2D eigenvalue weighted by atomic mass is 10.1. The number of carbonyl (C=O) groups excluding carboxylic acids is 4. The third-order valence-electron chi connectivity index (χ3n) is 5.13. The first kappa shape index (κ1) is 18.9. The number of anilines is 2. The van der Waals surface area contributed by atoms with Crippen LogP contribution in [0.1, 0.15) is 40.7 Å². The fourth-order valence-electron chi connectivity index (χ4n) is 3.67. The Labute approximate surface area is 167 Å². The fourth-order valence-corrected chi connectivity index (χ4v) is 3.67. The quantitative estimate of drug-likeness (QED) is 0.624. The van der Waals surface area contributed by atoms with E-state index in [1.807, 2.05) is 18.2 Å². The third-order valence-corrected chi connectivity index (χ3v) is 5.13. The van der Waals surface area contributed by atoms with E-state index in [2.05, 4.69) is 5.32 Å². The van der Waals surface area contributed by atoms with Gasteiger partial charge in [0.05, 0.1) is 11.3 Å². The topological polar surface area (TPSA) is 92.8 Å². The molecule has 1 N–H and O–H groups in total. The number of rotatable bonds is 5. The predicted octanol–water partition coefficient (Wildman–Crippen LogP) is 2.62. The molecule has 0 bridgehead atoms. The average molecular weight is 392 g/mol. The van der Waals surface area contributed by atoms with Gasteiger partial charge in [0, 0.05) is 18.5 Å². The van der Waals surface area contributed by atoms with E-state index in [-0.39, 0.29) is 30.2 Å². The number of nitrogens with zero attached hydrogens (tertiary/aromatic N) is 1. The summed E-state index contributed by atoms with van der Waals surface area (Å²) in [6.07, 6.45) is 3.60. The van der Waals surface area contributed by atoms with E-state index in [9.17, 15) is 19.2 Å². The molecule has 1 heterocycles. The molecule has 148 valence electrons. The highest BCUT2D eigenvalue weighted by atomic mass is 16.5. The molecule has 7 nitrogen and oxygen atoms in total. The first-order valence-corrected chi connectivity index (χ1v) is 9.56. The molecule has 1 saturated heterocycles. The van der Waals surface area contributed by atoms with Gasteiger partial charge in [0.2, 0.25) is 11.8 Å². The highest BCUT2D eigenvalue weighted by Crippen LogP contribution is 2.25. The third kappa shape index (κ3) is 4.03. The van der Waals surface area contributed by atoms with Crippen molar-refractivity contribution in [1.82, 2.24) is 0 Å². The molecule has 0 atom stereocenters. The summed E-state index contributed by atoms with van der Waals surface area (Å²) in [4.78, 5) is 48.9.